The molecular formula is C37H31ClN10O16S6. The number of fused-ring (bicyclic) bond motifs is 1. The molecule has 0 aliphatic carbocycles. The second kappa shape index (κ2) is 19.9. The van der Waals surface area contributed by atoms with Crippen LogP contribution in [-0.2, 0) is 49.3 Å². The fourth-order valence-corrected chi connectivity index (χ4v) is 11.6. The number of nitrogens with zero attached hydrogens (tertiary/aromatic N) is 6. The summed E-state index contributed by atoms with van der Waals surface area (Å²) in [6.45, 7) is 0. The van der Waals surface area contributed by atoms with E-state index in [0.717, 1.165) is 6.07 Å². The van der Waals surface area contributed by atoms with Crippen molar-refractivity contribution in [2.45, 2.75) is 19.6 Å². The van der Waals surface area contributed by atoms with E-state index in [1.165, 1.54) is 36.4 Å². The highest BCUT2D eigenvalue weighted by molar-refractivity contribution is 8.70. The summed E-state index contributed by atoms with van der Waals surface area (Å²) < 4.78 is 162. The highest BCUT2D eigenvalue weighted by atomic mass is 35.5. The Balaban J connectivity index is 1.30. The van der Waals surface area contributed by atoms with Crippen molar-refractivity contribution in [1.29, 1.82) is 0 Å². The highest BCUT2D eigenvalue weighted by Gasteiger charge is 2.29. The first-order valence-corrected chi connectivity index (χ1v) is 27.9. The van der Waals surface area contributed by atoms with Crippen LogP contribution in [0.5, 0.6) is 5.75 Å². The monoisotopic (exact) mass is 1100 g/mol. The summed E-state index contributed by atoms with van der Waals surface area (Å²) in [6, 6.07) is 17.2. The van der Waals surface area contributed by atoms with Crippen LogP contribution in [0.2, 0.25) is 5.02 Å². The maximum atomic E-state index is 13.0. The minimum Gasteiger partial charge on any atom is -0.505 e. The predicted octanol–water partition coefficient (Wildman–Crippen LogP) is 7.49. The quantitative estimate of drug-likeness (QED) is 0.0196. The molecule has 33 heteroatoms. The summed E-state index contributed by atoms with van der Waals surface area (Å²) in [6.07, 6.45) is 0. The number of azo groups is 3. The van der Waals surface area contributed by atoms with Gasteiger partial charge in [-0.3, -0.25) is 23.0 Å². The Kier molecular flexibility index (Phi) is 15.0. The number of benzene rings is 6. The summed E-state index contributed by atoms with van der Waals surface area (Å²) >= 11 is 6.03. The maximum Gasteiger partial charge on any atom is 0.319 e. The first kappa shape index (κ1) is 52.6. The van der Waals surface area contributed by atoms with E-state index in [-0.39, 0.29) is 44.1 Å². The minimum atomic E-state index is -5.42. The van der Waals surface area contributed by atoms with Crippen LogP contribution in [0.25, 0.3) is 10.8 Å². The van der Waals surface area contributed by atoms with Gasteiger partial charge < -0.3 is 27.6 Å². The van der Waals surface area contributed by atoms with Gasteiger partial charge in [0.15, 0.2) is 15.6 Å². The molecular weight excluding hydrogens is 1070 g/mol. The summed E-state index contributed by atoms with van der Waals surface area (Å²) in [5.41, 5.74) is 15.7. The Hall–Kier alpha value is -6.72. The first-order valence-electron chi connectivity index (χ1n) is 18.6. The maximum absolute atomic E-state index is 13.0. The van der Waals surface area contributed by atoms with Crippen molar-refractivity contribution in [3.05, 3.63) is 102 Å². The Morgan fingerprint density at radius 2 is 1.13 bits per heavy atom. The van der Waals surface area contributed by atoms with E-state index in [1.807, 2.05) is 0 Å². The molecule has 6 aromatic carbocycles. The van der Waals surface area contributed by atoms with Crippen molar-refractivity contribution in [1.82, 2.24) is 0 Å². The highest BCUT2D eigenvalue weighted by Crippen LogP contribution is 2.48. The number of carbonyl (C=O) groups excluding carboxylic acids is 1. The number of hydrogen-bond acceptors (Lipinski definition) is 22. The summed E-state index contributed by atoms with van der Waals surface area (Å²) in [4.78, 5) is 8.64. The molecule has 1 amide bonds. The zero-order valence-electron chi connectivity index (χ0n) is 34.5. The third kappa shape index (κ3) is 12.5. The minimum absolute atomic E-state index is 0.0512. The number of phenols is 1. The SMILES string of the molecule is Nc1cc(N)c(N=Nc2ccc(NC(=O)c3ccc(N=Nc4c(S(=O)(=O)O)cc5cc(S(=O)(=O)O)c(N=Nc6ccc(S(=O)(=O)CCSS(=O)(=O)O)cc6S(=O)(=O)O)c(N)c5c4O)cc3)cc2)cc1Cl. The van der Waals surface area contributed by atoms with Crippen LogP contribution in [0.15, 0.2) is 141 Å². The number of rotatable bonds is 16. The first-order chi connectivity index (χ1) is 32.4. The van der Waals surface area contributed by atoms with Crippen molar-refractivity contribution in [3.8, 4) is 5.75 Å². The molecule has 0 bridgehead atoms. The van der Waals surface area contributed by atoms with E-state index in [1.54, 1.807) is 24.3 Å². The van der Waals surface area contributed by atoms with Crippen LogP contribution >= 0.6 is 22.4 Å². The van der Waals surface area contributed by atoms with Gasteiger partial charge in [0.2, 0.25) is 0 Å². The number of nitrogen functional groups attached to an aromatic ring is 3. The van der Waals surface area contributed by atoms with Crippen molar-refractivity contribution in [2.24, 2.45) is 30.7 Å². The Bertz CT molecular complexity index is 3810. The zero-order valence-corrected chi connectivity index (χ0v) is 40.2. The summed E-state index contributed by atoms with van der Waals surface area (Å²) in [7, 11) is -25.4. The third-order valence-electron chi connectivity index (χ3n) is 9.22. The van der Waals surface area contributed by atoms with Gasteiger partial charge in [0.1, 0.15) is 37.4 Å². The Morgan fingerprint density at radius 3 is 1.70 bits per heavy atom. The number of nitrogens with two attached hydrogens (primary N) is 3. The molecule has 6 aromatic rings. The molecule has 26 nitrogen and oxygen atoms in total. The normalized spacial score (nSPS) is 12.9. The van der Waals surface area contributed by atoms with Crippen molar-refractivity contribution >= 4 is 145 Å². The number of hydrogen-bond donors (Lipinski definition) is 9. The van der Waals surface area contributed by atoms with Gasteiger partial charge in [-0.2, -0.15) is 43.9 Å². The lowest BCUT2D eigenvalue weighted by Gasteiger charge is -2.14. The van der Waals surface area contributed by atoms with E-state index in [2.05, 4.69) is 36.0 Å². The number of amides is 1. The second-order valence-electron chi connectivity index (χ2n) is 14.0. The molecule has 0 fully saturated rings. The molecule has 0 heterocycles. The lowest BCUT2D eigenvalue weighted by Crippen LogP contribution is -2.11. The van der Waals surface area contributed by atoms with Crippen molar-refractivity contribution in [2.75, 3.05) is 34.0 Å². The van der Waals surface area contributed by atoms with Crippen molar-refractivity contribution in [3.63, 3.8) is 0 Å². The van der Waals surface area contributed by atoms with E-state index in [9.17, 15) is 65.6 Å². The molecule has 0 unspecified atom stereocenters. The molecule has 0 aliphatic rings. The molecule has 368 valence electrons. The molecule has 12 N–H and O–H groups in total. The van der Waals surface area contributed by atoms with Crippen LogP contribution in [0, 0.1) is 0 Å². The summed E-state index contributed by atoms with van der Waals surface area (Å²) in [5, 5.41) is 36.1. The Morgan fingerprint density at radius 1 is 0.600 bits per heavy atom. The number of anilines is 4. The van der Waals surface area contributed by atoms with E-state index in [4.69, 9.17) is 33.4 Å². The van der Waals surface area contributed by atoms with E-state index >= 15 is 0 Å². The van der Waals surface area contributed by atoms with Crippen molar-refractivity contribution < 1.29 is 70.2 Å². The van der Waals surface area contributed by atoms with Gasteiger partial charge in [0.25, 0.3) is 36.3 Å². The number of carbonyl (C=O) groups is 1. The van der Waals surface area contributed by atoms with Gasteiger partial charge in [-0.05, 0) is 107 Å². The van der Waals surface area contributed by atoms with Crippen LogP contribution in [0.1, 0.15) is 10.4 Å². The van der Waals surface area contributed by atoms with Crippen LogP contribution in [-0.4, -0.2) is 82.8 Å². The molecule has 0 atom stereocenters. The largest absolute Gasteiger partial charge is 0.505 e. The van der Waals surface area contributed by atoms with Gasteiger partial charge in [-0.25, -0.2) is 8.42 Å². The fourth-order valence-electron chi connectivity index (χ4n) is 5.95. The second-order valence-corrected chi connectivity index (χ2v) is 24.2. The molecule has 0 saturated heterocycles. The van der Waals surface area contributed by atoms with Gasteiger partial charge >= 0.3 is 9.15 Å². The number of phenolic OH excluding ortho intramolecular Hbond substituents is 1. The fraction of sp³-hybridized carbons (Fsp3) is 0.0541. The topological polar surface area (TPSA) is 453 Å². The van der Waals surface area contributed by atoms with E-state index < -0.39 is 126 Å². The van der Waals surface area contributed by atoms with Crippen LogP contribution in [0.3, 0.4) is 0 Å². The molecule has 0 aromatic heterocycles. The van der Waals surface area contributed by atoms with E-state index in [0.29, 0.717) is 35.6 Å². The number of nitrogens with one attached hydrogen (secondary N) is 1. The van der Waals surface area contributed by atoms with Gasteiger partial charge in [-0.1, -0.05) is 11.6 Å². The lowest BCUT2D eigenvalue weighted by atomic mass is 10.1. The molecule has 0 saturated carbocycles. The lowest BCUT2D eigenvalue weighted by molar-refractivity contribution is 0.102. The zero-order chi connectivity index (χ0) is 51.7. The van der Waals surface area contributed by atoms with Crippen LogP contribution in [0.4, 0.5) is 56.9 Å². The smallest absolute Gasteiger partial charge is 0.319 e. The van der Waals surface area contributed by atoms with Gasteiger partial charge in [0.05, 0.1) is 49.5 Å². The number of aromatic hydroxyl groups is 1. The average molecular weight is 1100 g/mol. The number of halogens is 1. The average Bonchev–Trinajstić information content (AvgIpc) is 3.25. The predicted molar refractivity (Wildman–Crippen MR) is 256 cm³/mol. The molecule has 0 radical (unpaired) electrons. The molecule has 0 aliphatic heterocycles. The summed E-state index contributed by atoms with van der Waals surface area (Å²) in [5.74, 6) is -3.40. The standard InChI is InChI=1S/C37H31ClN10O16S6/c38-24-16-28(26(40)17-25(24)39)46-43-22-7-5-20(6-8-22)42-37(50)18-1-3-21(4-2-18)44-48-35-31(69(59,60)61)14-19-13-30(68(56,57)58)34(33(41)32(19)36(35)49)47-45-27-10-9-23(15-29(27)67(53,54)55)66(51,52)12-11-65-70(62,63)64/h1-10,13-17,49H,11-12,39-41H2,(H,42,50)(H,53,54,55)(H,56,57,58)(H,59,60,61)(H,62,63,64). The van der Waals surface area contributed by atoms with Gasteiger partial charge in [0, 0.05) is 17.0 Å². The molecule has 6 rings (SSSR count). The van der Waals surface area contributed by atoms with Crippen LogP contribution < -0.4 is 22.5 Å². The third-order valence-corrected chi connectivity index (χ3v) is 16.2. The molecule has 0 spiro atoms. The Labute approximate surface area is 404 Å². The number of sulfone groups is 1. The van der Waals surface area contributed by atoms with Gasteiger partial charge in [-0.15, -0.1) is 20.5 Å². The molecule has 70 heavy (non-hydrogen) atoms.